The summed E-state index contributed by atoms with van der Waals surface area (Å²) in [4.78, 5) is 22.5. The molecule has 0 unspecified atom stereocenters. The van der Waals surface area contributed by atoms with Gasteiger partial charge in [0.1, 0.15) is 30.2 Å². The van der Waals surface area contributed by atoms with Crippen LogP contribution >= 0.6 is 0 Å². The zero-order chi connectivity index (χ0) is 24.6. The second-order valence-corrected chi connectivity index (χ2v) is 9.05. The zero-order valence-corrected chi connectivity index (χ0v) is 18.7. The Balaban J connectivity index is 1.52. The van der Waals surface area contributed by atoms with Gasteiger partial charge in [0.2, 0.25) is 10.0 Å². The van der Waals surface area contributed by atoms with E-state index in [-0.39, 0.29) is 10.6 Å². The molecule has 1 saturated heterocycles. The highest BCUT2D eigenvalue weighted by Gasteiger charge is 2.44. The lowest BCUT2D eigenvalue weighted by molar-refractivity contribution is -0.386. The van der Waals surface area contributed by atoms with Crippen LogP contribution < -0.4 is 14.8 Å². The van der Waals surface area contributed by atoms with Gasteiger partial charge in [-0.2, -0.15) is 0 Å². The van der Waals surface area contributed by atoms with Crippen LogP contribution in [-0.4, -0.2) is 82.1 Å². The van der Waals surface area contributed by atoms with Crippen LogP contribution in [0.4, 0.5) is 11.5 Å². The molecule has 0 amide bonds. The van der Waals surface area contributed by atoms with E-state index in [0.717, 1.165) is 12.1 Å². The molecule has 3 aromatic rings. The topological polar surface area (TPSA) is 204 Å². The van der Waals surface area contributed by atoms with E-state index in [1.54, 1.807) is 7.05 Å². The Morgan fingerprint density at radius 3 is 2.71 bits per heavy atom. The van der Waals surface area contributed by atoms with E-state index in [9.17, 15) is 28.7 Å². The lowest BCUT2D eigenvalue weighted by Gasteiger charge is -2.16. The molecule has 4 atom stereocenters. The van der Waals surface area contributed by atoms with Crippen LogP contribution in [0.15, 0.2) is 35.7 Å². The van der Waals surface area contributed by atoms with Gasteiger partial charge in [-0.3, -0.25) is 14.7 Å². The molecule has 16 heteroatoms. The highest BCUT2D eigenvalue weighted by Crippen LogP contribution is 2.33. The monoisotopic (exact) mass is 495 g/mol. The Morgan fingerprint density at radius 1 is 1.26 bits per heavy atom. The number of anilines is 1. The number of aliphatic hydroxyl groups is 2. The van der Waals surface area contributed by atoms with Gasteiger partial charge in [0, 0.05) is 19.7 Å². The number of benzene rings is 1. The first-order valence-electron chi connectivity index (χ1n) is 9.87. The summed E-state index contributed by atoms with van der Waals surface area (Å²) < 4.78 is 39.6. The van der Waals surface area contributed by atoms with Gasteiger partial charge in [0.25, 0.3) is 0 Å². The van der Waals surface area contributed by atoms with E-state index in [0.29, 0.717) is 17.0 Å². The minimum Gasteiger partial charge on any atom is -0.490 e. The van der Waals surface area contributed by atoms with Gasteiger partial charge in [0.05, 0.1) is 23.3 Å². The summed E-state index contributed by atoms with van der Waals surface area (Å²) in [6, 6.07) is 3.18. The molecule has 4 rings (SSSR count). The number of aliphatic hydroxyl groups excluding tert-OH is 2. The van der Waals surface area contributed by atoms with Gasteiger partial charge in [-0.1, -0.05) is 0 Å². The van der Waals surface area contributed by atoms with Crippen LogP contribution in [0, 0.1) is 10.1 Å². The Kier molecular flexibility index (Phi) is 6.32. The first kappa shape index (κ1) is 23.7. The van der Waals surface area contributed by atoms with Gasteiger partial charge in [-0.25, -0.2) is 28.1 Å². The predicted octanol–water partition coefficient (Wildman–Crippen LogP) is -0.617. The molecule has 2 aromatic heterocycles. The summed E-state index contributed by atoms with van der Waals surface area (Å²) in [5.74, 6) is 0.358. The van der Waals surface area contributed by atoms with Crippen molar-refractivity contribution in [3.8, 4) is 5.75 Å². The maximum Gasteiger partial charge on any atom is 0.312 e. The number of ether oxygens (including phenoxy) is 2. The number of rotatable bonds is 8. The second-order valence-electron chi connectivity index (χ2n) is 7.29. The molecular weight excluding hydrogens is 474 g/mol. The minimum absolute atomic E-state index is 0.0951. The molecular formula is C18H21N7O8S. The number of aromatic nitrogens is 4. The fourth-order valence-corrected chi connectivity index (χ4v) is 4.67. The van der Waals surface area contributed by atoms with Gasteiger partial charge >= 0.3 is 5.69 Å². The molecule has 1 aromatic carbocycles. The summed E-state index contributed by atoms with van der Waals surface area (Å²) in [5, 5.41) is 35.1. The molecule has 15 nitrogen and oxygen atoms in total. The number of imidazole rings is 1. The minimum atomic E-state index is -4.22. The molecule has 1 aliphatic heterocycles. The van der Waals surface area contributed by atoms with Crippen molar-refractivity contribution < 1.29 is 33.0 Å². The van der Waals surface area contributed by atoms with Gasteiger partial charge < -0.3 is 25.0 Å². The van der Waals surface area contributed by atoms with Crippen LogP contribution in [0.3, 0.4) is 0 Å². The van der Waals surface area contributed by atoms with Gasteiger partial charge in [-0.15, -0.1) is 0 Å². The third-order valence-electron chi connectivity index (χ3n) is 5.34. The number of hydrogen-bond donors (Lipinski definition) is 4. The van der Waals surface area contributed by atoms with E-state index in [2.05, 4.69) is 25.0 Å². The molecule has 0 radical (unpaired) electrons. The number of fused-ring (bicyclic) bond motifs is 1. The van der Waals surface area contributed by atoms with Crippen molar-refractivity contribution in [1.29, 1.82) is 0 Å². The SMILES string of the molecule is CNc1ncnc2c1ncn2[C@@H]1O[C@H](CNS(=O)(=O)c2ccc(OC)c([N+](=O)[O-])c2)[C@@H](O)[C@H]1O. The van der Waals surface area contributed by atoms with Crippen molar-refractivity contribution in [2.24, 2.45) is 0 Å². The maximum atomic E-state index is 12.7. The van der Waals surface area contributed by atoms with Crippen molar-refractivity contribution in [2.75, 3.05) is 26.0 Å². The number of nitro groups is 1. The third kappa shape index (κ3) is 4.12. The summed E-state index contributed by atoms with van der Waals surface area (Å²) in [6.07, 6.45) is -2.43. The maximum absolute atomic E-state index is 12.7. The smallest absolute Gasteiger partial charge is 0.312 e. The van der Waals surface area contributed by atoms with E-state index >= 15 is 0 Å². The summed E-state index contributed by atoms with van der Waals surface area (Å²) >= 11 is 0. The molecule has 1 fully saturated rings. The first-order valence-corrected chi connectivity index (χ1v) is 11.3. The number of nitro benzene ring substituents is 1. The number of nitrogens with zero attached hydrogens (tertiary/aromatic N) is 5. The molecule has 0 spiro atoms. The van der Waals surface area contributed by atoms with E-state index in [1.807, 2.05) is 0 Å². The molecule has 0 bridgehead atoms. The quantitative estimate of drug-likeness (QED) is 0.228. The summed E-state index contributed by atoms with van der Waals surface area (Å²) in [7, 11) is -1.33. The Hall–Kier alpha value is -3.44. The standard InChI is InChI=1S/C18H21N7O8S/c1-19-16-13-17(21-7-20-16)24(8-22-13)18-15(27)14(26)12(33-18)6-23-34(30,31)9-3-4-11(32-2)10(5-9)25(28)29/h3-5,7-8,12,14-15,18,23,26-27H,6H2,1-2H3,(H,19,20,21)/t12-,14-,15-,18-/m1/s1. The summed E-state index contributed by atoms with van der Waals surface area (Å²) in [5.41, 5.74) is 0.232. The Labute approximate surface area is 192 Å². The third-order valence-corrected chi connectivity index (χ3v) is 6.76. The average molecular weight is 495 g/mol. The van der Waals surface area contributed by atoms with Crippen LogP contribution in [0.5, 0.6) is 5.75 Å². The molecule has 0 saturated carbocycles. The van der Waals surface area contributed by atoms with Gasteiger partial charge in [0.15, 0.2) is 23.4 Å². The average Bonchev–Trinajstić information content (AvgIpc) is 3.38. The first-order chi connectivity index (χ1) is 16.2. The van der Waals surface area contributed by atoms with Crippen LogP contribution in [0.25, 0.3) is 11.2 Å². The van der Waals surface area contributed by atoms with E-state index < -0.39 is 51.7 Å². The predicted molar refractivity (Wildman–Crippen MR) is 116 cm³/mol. The van der Waals surface area contributed by atoms with Gasteiger partial charge in [-0.05, 0) is 12.1 Å². The molecule has 1 aliphatic rings. The number of hydrogen-bond acceptors (Lipinski definition) is 12. The lowest BCUT2D eigenvalue weighted by Crippen LogP contribution is -2.39. The normalized spacial score (nSPS) is 22.7. The zero-order valence-electron chi connectivity index (χ0n) is 17.9. The second kappa shape index (κ2) is 9.07. The Morgan fingerprint density at radius 2 is 2.03 bits per heavy atom. The molecule has 4 N–H and O–H groups in total. The molecule has 182 valence electrons. The van der Waals surface area contributed by atoms with Crippen LogP contribution in [0.2, 0.25) is 0 Å². The van der Waals surface area contributed by atoms with Crippen molar-refractivity contribution in [2.45, 2.75) is 29.4 Å². The van der Waals surface area contributed by atoms with Crippen LogP contribution in [0.1, 0.15) is 6.23 Å². The summed E-state index contributed by atoms with van der Waals surface area (Å²) in [6.45, 7) is -0.416. The molecule has 0 aliphatic carbocycles. The van der Waals surface area contributed by atoms with Crippen molar-refractivity contribution in [1.82, 2.24) is 24.2 Å². The van der Waals surface area contributed by atoms with Crippen molar-refractivity contribution in [3.05, 3.63) is 41.0 Å². The Bertz CT molecular complexity index is 1330. The molecule has 34 heavy (non-hydrogen) atoms. The van der Waals surface area contributed by atoms with Crippen molar-refractivity contribution >= 4 is 32.7 Å². The van der Waals surface area contributed by atoms with E-state index in [1.165, 1.54) is 30.4 Å². The largest absolute Gasteiger partial charge is 0.490 e. The number of sulfonamides is 1. The molecule has 3 heterocycles. The highest BCUT2D eigenvalue weighted by molar-refractivity contribution is 7.89. The van der Waals surface area contributed by atoms with Crippen LogP contribution in [-0.2, 0) is 14.8 Å². The number of methoxy groups -OCH3 is 1. The number of nitrogens with one attached hydrogen (secondary N) is 2. The highest BCUT2D eigenvalue weighted by atomic mass is 32.2. The van der Waals surface area contributed by atoms with E-state index in [4.69, 9.17) is 9.47 Å². The van der Waals surface area contributed by atoms with Crippen molar-refractivity contribution in [3.63, 3.8) is 0 Å². The lowest BCUT2D eigenvalue weighted by atomic mass is 10.1. The fraction of sp³-hybridized carbons (Fsp3) is 0.389. The fourth-order valence-electron chi connectivity index (χ4n) is 3.60.